The van der Waals surface area contributed by atoms with Crippen LogP contribution >= 0.6 is 0 Å². The smallest absolute Gasteiger partial charge is 0.326 e. The number of amides is 2. The number of hydrogen-bond donors (Lipinski definition) is 1. The Labute approximate surface area is 125 Å². The monoisotopic (exact) mass is 306 g/mol. The summed E-state index contributed by atoms with van der Waals surface area (Å²) in [7, 11) is 0. The highest BCUT2D eigenvalue weighted by Gasteiger charge is 2.46. The summed E-state index contributed by atoms with van der Waals surface area (Å²) in [6.45, 7) is 3.52. The second kappa shape index (κ2) is 5.55. The molecule has 2 rings (SSSR count). The van der Waals surface area contributed by atoms with Crippen molar-refractivity contribution in [2.45, 2.75) is 26.3 Å². The first kappa shape index (κ1) is 15.6. The van der Waals surface area contributed by atoms with Gasteiger partial charge in [0.1, 0.15) is 11.6 Å². The van der Waals surface area contributed by atoms with E-state index in [1.165, 1.54) is 12.1 Å². The zero-order valence-corrected chi connectivity index (χ0v) is 12.0. The third-order valence-corrected chi connectivity index (χ3v) is 3.41. The first-order chi connectivity index (χ1) is 10.3. The molecule has 2 amide bonds. The van der Waals surface area contributed by atoms with Gasteiger partial charge in [-0.25, -0.2) is 4.79 Å². The molecule has 0 unspecified atom stereocenters. The van der Waals surface area contributed by atoms with E-state index >= 15 is 0 Å². The van der Waals surface area contributed by atoms with E-state index in [1.807, 2.05) is 0 Å². The highest BCUT2D eigenvalue weighted by atomic mass is 16.6. The molecule has 0 radical (unpaired) electrons. The maximum absolute atomic E-state index is 12.4. The lowest BCUT2D eigenvalue weighted by atomic mass is 10.0. The predicted molar refractivity (Wildman–Crippen MR) is 74.5 cm³/mol. The minimum Gasteiger partial charge on any atom is -0.480 e. The Kier molecular flexibility index (Phi) is 3.94. The minimum atomic E-state index is -1.34. The van der Waals surface area contributed by atoms with Crippen molar-refractivity contribution in [3.05, 3.63) is 39.4 Å². The molecular weight excluding hydrogens is 292 g/mol. The summed E-state index contributed by atoms with van der Waals surface area (Å²) >= 11 is 0. The summed E-state index contributed by atoms with van der Waals surface area (Å²) < 4.78 is 0. The topological polar surface area (TPSA) is 118 Å². The van der Waals surface area contributed by atoms with Crippen molar-refractivity contribution >= 4 is 23.5 Å². The number of benzene rings is 1. The zero-order chi connectivity index (χ0) is 16.6. The van der Waals surface area contributed by atoms with Gasteiger partial charge in [-0.2, -0.15) is 0 Å². The van der Waals surface area contributed by atoms with E-state index in [2.05, 4.69) is 0 Å². The summed E-state index contributed by atoms with van der Waals surface area (Å²) in [6, 6.07) is 2.36. The molecule has 0 bridgehead atoms. The second-order valence-corrected chi connectivity index (χ2v) is 5.42. The average Bonchev–Trinajstić information content (AvgIpc) is 2.68. The number of aliphatic carboxylic acids is 1. The van der Waals surface area contributed by atoms with Gasteiger partial charge in [-0.1, -0.05) is 19.9 Å². The van der Waals surface area contributed by atoms with Gasteiger partial charge >= 0.3 is 5.97 Å². The van der Waals surface area contributed by atoms with Crippen molar-refractivity contribution in [3.8, 4) is 0 Å². The first-order valence-electron chi connectivity index (χ1n) is 6.63. The fourth-order valence-corrected chi connectivity index (χ4v) is 2.48. The number of carboxylic acid groups (broad SMARTS) is 1. The Balaban J connectivity index is 2.53. The van der Waals surface area contributed by atoms with Gasteiger partial charge in [-0.15, -0.1) is 0 Å². The SMILES string of the molecule is CC(C)C[C@@H](C(=O)O)N1C(=O)c2cccc([N+](=O)[O-])c2C1=O. The standard InChI is InChI=1S/C14H14N2O6/c1-7(2)6-10(14(19)20)15-12(17)8-4-3-5-9(16(21)22)11(8)13(15)18/h3-5,7,10H,6H2,1-2H3,(H,19,20)/t10-/m0/s1. The molecule has 8 heteroatoms. The van der Waals surface area contributed by atoms with Gasteiger partial charge in [-0.05, 0) is 18.4 Å². The maximum Gasteiger partial charge on any atom is 0.326 e. The van der Waals surface area contributed by atoms with E-state index in [0.29, 0.717) is 4.90 Å². The number of rotatable bonds is 5. The number of nitro groups is 1. The molecule has 8 nitrogen and oxygen atoms in total. The highest BCUT2D eigenvalue weighted by molar-refractivity contribution is 6.24. The molecule has 1 N–H and O–H groups in total. The molecule has 1 aromatic carbocycles. The average molecular weight is 306 g/mol. The van der Waals surface area contributed by atoms with Gasteiger partial charge < -0.3 is 5.11 Å². The second-order valence-electron chi connectivity index (χ2n) is 5.42. The van der Waals surface area contributed by atoms with Crippen molar-refractivity contribution < 1.29 is 24.4 Å². The molecular formula is C14H14N2O6. The number of carbonyl (C=O) groups is 3. The van der Waals surface area contributed by atoms with E-state index in [1.54, 1.807) is 13.8 Å². The summed E-state index contributed by atoms with van der Waals surface area (Å²) in [5, 5.41) is 20.3. The molecule has 0 saturated carbocycles. The molecule has 116 valence electrons. The minimum absolute atomic E-state index is 0.0691. The van der Waals surface area contributed by atoms with Gasteiger partial charge in [0.05, 0.1) is 10.5 Å². The third-order valence-electron chi connectivity index (χ3n) is 3.41. The lowest BCUT2D eigenvalue weighted by Gasteiger charge is -2.23. The normalized spacial score (nSPS) is 15.1. The largest absolute Gasteiger partial charge is 0.480 e. The lowest BCUT2D eigenvalue weighted by molar-refractivity contribution is -0.385. The summed E-state index contributed by atoms with van der Waals surface area (Å²) in [6.07, 6.45) is 0.0780. The Morgan fingerprint density at radius 1 is 1.32 bits per heavy atom. The number of imide groups is 1. The van der Waals surface area contributed by atoms with Crippen LogP contribution in [0.5, 0.6) is 0 Å². The van der Waals surface area contributed by atoms with Crippen LogP contribution in [0.1, 0.15) is 41.0 Å². The maximum atomic E-state index is 12.4. The fraction of sp³-hybridized carbons (Fsp3) is 0.357. The molecule has 0 spiro atoms. The van der Waals surface area contributed by atoms with E-state index in [-0.39, 0.29) is 23.5 Å². The Morgan fingerprint density at radius 3 is 2.45 bits per heavy atom. The molecule has 1 atom stereocenters. The number of nitrogens with zero attached hydrogens (tertiary/aromatic N) is 2. The molecule has 1 aliphatic rings. The quantitative estimate of drug-likeness (QED) is 0.502. The van der Waals surface area contributed by atoms with Crippen molar-refractivity contribution in [3.63, 3.8) is 0 Å². The van der Waals surface area contributed by atoms with Crippen LogP contribution in [-0.2, 0) is 4.79 Å². The third kappa shape index (κ3) is 2.43. The number of fused-ring (bicyclic) bond motifs is 1. The molecule has 0 fully saturated rings. The number of nitro benzene ring substituents is 1. The molecule has 22 heavy (non-hydrogen) atoms. The van der Waals surface area contributed by atoms with Crippen molar-refractivity contribution in [2.24, 2.45) is 5.92 Å². The van der Waals surface area contributed by atoms with Crippen LogP contribution < -0.4 is 0 Å². The molecule has 0 aromatic heterocycles. The fourth-order valence-electron chi connectivity index (χ4n) is 2.48. The zero-order valence-electron chi connectivity index (χ0n) is 12.0. The Morgan fingerprint density at radius 2 is 1.95 bits per heavy atom. The Hall–Kier alpha value is -2.77. The van der Waals surface area contributed by atoms with Gasteiger partial charge in [0.15, 0.2) is 0 Å². The number of carbonyl (C=O) groups excluding carboxylic acids is 2. The number of carboxylic acids is 1. The highest BCUT2D eigenvalue weighted by Crippen LogP contribution is 2.33. The number of hydrogen-bond acceptors (Lipinski definition) is 5. The van der Waals surface area contributed by atoms with Gasteiger partial charge in [0.2, 0.25) is 0 Å². The summed E-state index contributed by atoms with van der Waals surface area (Å²) in [5.41, 5.74) is -0.964. The predicted octanol–water partition coefficient (Wildman–Crippen LogP) is 1.69. The van der Waals surface area contributed by atoms with Gasteiger partial charge in [-0.3, -0.25) is 24.6 Å². The van der Waals surface area contributed by atoms with Crippen LogP contribution in [0.3, 0.4) is 0 Å². The van der Waals surface area contributed by atoms with Crippen LogP contribution in [0.25, 0.3) is 0 Å². The van der Waals surface area contributed by atoms with E-state index in [9.17, 15) is 29.6 Å². The molecule has 1 aromatic rings. The Bertz CT molecular complexity index is 682. The molecule has 1 aliphatic heterocycles. The van der Waals surface area contributed by atoms with Crippen LogP contribution in [0.4, 0.5) is 5.69 Å². The van der Waals surface area contributed by atoms with E-state index in [4.69, 9.17) is 0 Å². The first-order valence-corrected chi connectivity index (χ1v) is 6.63. The van der Waals surface area contributed by atoms with Crippen LogP contribution in [-0.4, -0.2) is 38.8 Å². The van der Waals surface area contributed by atoms with E-state index < -0.39 is 34.4 Å². The lowest BCUT2D eigenvalue weighted by Crippen LogP contribution is -2.45. The summed E-state index contributed by atoms with van der Waals surface area (Å²) in [5.74, 6) is -3.12. The van der Waals surface area contributed by atoms with Crippen molar-refractivity contribution in [1.29, 1.82) is 0 Å². The van der Waals surface area contributed by atoms with Crippen LogP contribution in [0, 0.1) is 16.0 Å². The van der Waals surface area contributed by atoms with Crippen LogP contribution in [0.15, 0.2) is 18.2 Å². The molecule has 0 aliphatic carbocycles. The van der Waals surface area contributed by atoms with Crippen molar-refractivity contribution in [1.82, 2.24) is 4.90 Å². The van der Waals surface area contributed by atoms with Crippen molar-refractivity contribution in [2.75, 3.05) is 0 Å². The van der Waals surface area contributed by atoms with Crippen LogP contribution in [0.2, 0.25) is 0 Å². The van der Waals surface area contributed by atoms with E-state index in [0.717, 1.165) is 6.07 Å². The summed E-state index contributed by atoms with van der Waals surface area (Å²) in [4.78, 5) is 47.0. The van der Waals surface area contributed by atoms with Gasteiger partial charge in [0, 0.05) is 6.07 Å². The van der Waals surface area contributed by atoms with Gasteiger partial charge in [0.25, 0.3) is 17.5 Å². The molecule has 1 heterocycles. The molecule has 0 saturated heterocycles.